The Bertz CT molecular complexity index is 242. The Hall–Kier alpha value is -1.10. The summed E-state index contributed by atoms with van der Waals surface area (Å²) >= 11 is 0. The van der Waals surface area contributed by atoms with Crippen LogP contribution in [0.5, 0.6) is 0 Å². The van der Waals surface area contributed by atoms with Crippen LogP contribution >= 0.6 is 0 Å². The van der Waals surface area contributed by atoms with Crippen molar-refractivity contribution in [1.29, 1.82) is 0 Å². The van der Waals surface area contributed by atoms with E-state index in [0.29, 0.717) is 24.9 Å². The van der Waals surface area contributed by atoms with Crippen LogP contribution in [-0.4, -0.2) is 48.1 Å². The van der Waals surface area contributed by atoms with Crippen molar-refractivity contribution in [2.24, 2.45) is 11.8 Å². The summed E-state index contributed by atoms with van der Waals surface area (Å²) in [5.74, 6) is -0.507. The van der Waals surface area contributed by atoms with Crippen LogP contribution in [0, 0.1) is 11.8 Å². The van der Waals surface area contributed by atoms with E-state index in [4.69, 9.17) is 5.11 Å². The molecule has 0 saturated carbocycles. The van der Waals surface area contributed by atoms with Crippen LogP contribution in [0.4, 0.5) is 0 Å². The fraction of sp³-hybridized carbons (Fsp3) is 0.833. The van der Waals surface area contributed by atoms with Crippen LogP contribution < -0.4 is 5.32 Å². The number of nitrogens with one attached hydrogen (secondary N) is 1. The maximum absolute atomic E-state index is 11.9. The van der Waals surface area contributed by atoms with Crippen LogP contribution in [-0.2, 0) is 9.59 Å². The average molecular weight is 244 g/mol. The highest BCUT2D eigenvalue weighted by Crippen LogP contribution is 2.04. The van der Waals surface area contributed by atoms with Gasteiger partial charge >= 0.3 is 11.8 Å². The summed E-state index contributed by atoms with van der Waals surface area (Å²) in [6.07, 6.45) is 0. The monoisotopic (exact) mass is 244 g/mol. The van der Waals surface area contributed by atoms with Crippen molar-refractivity contribution in [3.05, 3.63) is 0 Å². The number of carbonyl (C=O) groups is 2. The molecule has 0 aliphatic carbocycles. The maximum atomic E-state index is 11.9. The average Bonchev–Trinajstić information content (AvgIpc) is 2.22. The van der Waals surface area contributed by atoms with Gasteiger partial charge in [-0.15, -0.1) is 0 Å². The van der Waals surface area contributed by atoms with Gasteiger partial charge in [0.05, 0.1) is 6.61 Å². The van der Waals surface area contributed by atoms with E-state index in [2.05, 4.69) is 5.32 Å². The second-order valence-corrected chi connectivity index (χ2v) is 4.98. The summed E-state index contributed by atoms with van der Waals surface area (Å²) in [4.78, 5) is 24.9. The van der Waals surface area contributed by atoms with Gasteiger partial charge in [0.25, 0.3) is 0 Å². The molecule has 0 rings (SSSR count). The molecule has 0 bridgehead atoms. The zero-order valence-electron chi connectivity index (χ0n) is 11.2. The third kappa shape index (κ3) is 6.94. The molecule has 0 spiro atoms. The topological polar surface area (TPSA) is 69.6 Å². The van der Waals surface area contributed by atoms with Crippen molar-refractivity contribution in [3.8, 4) is 0 Å². The molecule has 2 amide bonds. The maximum Gasteiger partial charge on any atom is 0.311 e. The van der Waals surface area contributed by atoms with E-state index in [9.17, 15) is 9.59 Å². The Labute approximate surface area is 103 Å². The standard InChI is InChI=1S/C12H24N2O3/c1-9(2)7-14(8-10(3)4)12(17)11(16)13-5-6-15/h9-10,15H,5-8H2,1-4H3,(H,13,16). The largest absolute Gasteiger partial charge is 0.395 e. The van der Waals surface area contributed by atoms with Gasteiger partial charge in [0, 0.05) is 19.6 Å². The second kappa shape index (κ2) is 8.06. The molecule has 0 unspecified atom stereocenters. The first-order chi connectivity index (χ1) is 7.88. The van der Waals surface area contributed by atoms with Gasteiger partial charge in [-0.05, 0) is 11.8 Å². The van der Waals surface area contributed by atoms with Gasteiger partial charge in [-0.3, -0.25) is 9.59 Å². The number of hydrogen-bond acceptors (Lipinski definition) is 3. The third-order valence-electron chi connectivity index (χ3n) is 2.05. The molecule has 0 aromatic carbocycles. The summed E-state index contributed by atoms with van der Waals surface area (Å²) in [7, 11) is 0. The minimum absolute atomic E-state index is 0.113. The van der Waals surface area contributed by atoms with Gasteiger partial charge in [-0.2, -0.15) is 0 Å². The Kier molecular flexibility index (Phi) is 7.54. The molecule has 0 aliphatic rings. The number of nitrogens with zero attached hydrogens (tertiary/aromatic N) is 1. The molecule has 5 heteroatoms. The van der Waals surface area contributed by atoms with E-state index in [0.717, 1.165) is 0 Å². The van der Waals surface area contributed by atoms with Gasteiger partial charge in [0.15, 0.2) is 0 Å². The predicted octanol–water partition coefficient (Wildman–Crippen LogP) is 0.236. The lowest BCUT2D eigenvalue weighted by atomic mass is 10.1. The molecule has 5 nitrogen and oxygen atoms in total. The smallest absolute Gasteiger partial charge is 0.311 e. The molecule has 0 heterocycles. The van der Waals surface area contributed by atoms with Crippen LogP contribution in [0.2, 0.25) is 0 Å². The van der Waals surface area contributed by atoms with Gasteiger partial charge in [0.1, 0.15) is 0 Å². The van der Waals surface area contributed by atoms with E-state index in [1.54, 1.807) is 4.90 Å². The van der Waals surface area contributed by atoms with Gasteiger partial charge in [-0.25, -0.2) is 0 Å². The Morgan fingerprint density at radius 1 is 1.12 bits per heavy atom. The Balaban J connectivity index is 4.45. The van der Waals surface area contributed by atoms with Crippen LogP contribution in [0.15, 0.2) is 0 Å². The molecule has 0 saturated heterocycles. The molecule has 0 radical (unpaired) electrons. The van der Waals surface area contributed by atoms with Crippen molar-refractivity contribution < 1.29 is 14.7 Å². The molecule has 2 N–H and O–H groups in total. The van der Waals surface area contributed by atoms with Crippen molar-refractivity contribution in [1.82, 2.24) is 10.2 Å². The number of rotatable bonds is 6. The summed E-state index contributed by atoms with van der Waals surface area (Å²) in [5, 5.41) is 11.0. The first-order valence-electron chi connectivity index (χ1n) is 6.06. The zero-order valence-corrected chi connectivity index (χ0v) is 11.2. The number of aliphatic hydroxyl groups is 1. The van der Waals surface area contributed by atoms with Crippen LogP contribution in [0.1, 0.15) is 27.7 Å². The van der Waals surface area contributed by atoms with E-state index in [-0.39, 0.29) is 13.2 Å². The third-order valence-corrected chi connectivity index (χ3v) is 2.05. The van der Waals surface area contributed by atoms with Gasteiger partial charge in [-0.1, -0.05) is 27.7 Å². The van der Waals surface area contributed by atoms with Crippen molar-refractivity contribution in [2.45, 2.75) is 27.7 Å². The highest BCUT2D eigenvalue weighted by Gasteiger charge is 2.22. The van der Waals surface area contributed by atoms with Crippen molar-refractivity contribution in [2.75, 3.05) is 26.2 Å². The van der Waals surface area contributed by atoms with Gasteiger partial charge in [0.2, 0.25) is 0 Å². The first-order valence-corrected chi connectivity index (χ1v) is 6.06. The number of hydrogen-bond donors (Lipinski definition) is 2. The number of aliphatic hydroxyl groups excluding tert-OH is 1. The Morgan fingerprint density at radius 3 is 1.94 bits per heavy atom. The first kappa shape index (κ1) is 15.9. The fourth-order valence-corrected chi connectivity index (χ4v) is 1.51. The summed E-state index contributed by atoms with van der Waals surface area (Å²) in [6, 6.07) is 0. The SMILES string of the molecule is CC(C)CN(CC(C)C)C(=O)C(=O)NCCO. The zero-order chi connectivity index (χ0) is 13.4. The number of amides is 2. The van der Waals surface area contributed by atoms with E-state index in [1.165, 1.54) is 0 Å². The van der Waals surface area contributed by atoms with E-state index < -0.39 is 11.8 Å². The number of carbonyl (C=O) groups excluding carboxylic acids is 2. The highest BCUT2D eigenvalue weighted by molar-refractivity contribution is 6.35. The van der Waals surface area contributed by atoms with E-state index >= 15 is 0 Å². The lowest BCUT2D eigenvalue weighted by molar-refractivity contribution is -0.146. The minimum atomic E-state index is -0.639. The Morgan fingerprint density at radius 2 is 1.59 bits per heavy atom. The summed E-state index contributed by atoms with van der Waals surface area (Å²) in [5.41, 5.74) is 0. The van der Waals surface area contributed by atoms with Crippen LogP contribution in [0.3, 0.4) is 0 Å². The highest BCUT2D eigenvalue weighted by atomic mass is 16.3. The predicted molar refractivity (Wildman–Crippen MR) is 66.4 cm³/mol. The fourth-order valence-electron chi connectivity index (χ4n) is 1.51. The molecule has 0 aromatic heterocycles. The summed E-state index contributed by atoms with van der Waals surface area (Å²) in [6.45, 7) is 9.12. The molecule has 0 aliphatic heterocycles. The molecular weight excluding hydrogens is 220 g/mol. The van der Waals surface area contributed by atoms with Crippen molar-refractivity contribution in [3.63, 3.8) is 0 Å². The van der Waals surface area contributed by atoms with Crippen LogP contribution in [0.25, 0.3) is 0 Å². The summed E-state index contributed by atoms with van der Waals surface area (Å²) < 4.78 is 0. The molecular formula is C12H24N2O3. The van der Waals surface area contributed by atoms with Gasteiger partial charge < -0.3 is 15.3 Å². The minimum Gasteiger partial charge on any atom is -0.395 e. The molecule has 0 atom stereocenters. The van der Waals surface area contributed by atoms with E-state index in [1.807, 2.05) is 27.7 Å². The molecule has 100 valence electrons. The van der Waals surface area contributed by atoms with Crippen molar-refractivity contribution >= 4 is 11.8 Å². The molecule has 17 heavy (non-hydrogen) atoms. The molecule has 0 aromatic rings. The normalized spacial score (nSPS) is 10.8. The molecule has 0 fully saturated rings. The quantitative estimate of drug-likeness (QED) is 0.657. The lowest BCUT2D eigenvalue weighted by Crippen LogP contribution is -2.46. The lowest BCUT2D eigenvalue weighted by Gasteiger charge is -2.25. The second-order valence-electron chi connectivity index (χ2n) is 4.98.